The fourth-order valence-corrected chi connectivity index (χ4v) is 3.50. The van der Waals surface area contributed by atoms with E-state index < -0.39 is 0 Å². The van der Waals surface area contributed by atoms with Gasteiger partial charge in [-0.05, 0) is 44.3 Å². The summed E-state index contributed by atoms with van der Waals surface area (Å²) in [7, 11) is 2.08. The smallest absolute Gasteiger partial charge is 0.159 e. The molecule has 1 fully saturated rings. The summed E-state index contributed by atoms with van der Waals surface area (Å²) in [6, 6.07) is 5.67. The summed E-state index contributed by atoms with van der Waals surface area (Å²) in [5.74, 6) is 2.69. The van der Waals surface area contributed by atoms with Gasteiger partial charge in [0.2, 0.25) is 0 Å². The predicted molar refractivity (Wildman–Crippen MR) is 75.3 cm³/mol. The van der Waals surface area contributed by atoms with Crippen LogP contribution in [0.25, 0.3) is 0 Å². The molecular formula is C14H19NO2S. The van der Waals surface area contributed by atoms with E-state index in [1.165, 1.54) is 12.2 Å². The molecule has 1 aliphatic rings. The molecule has 0 aromatic heterocycles. The third-order valence-electron chi connectivity index (χ3n) is 3.43. The molecule has 1 unspecified atom stereocenters. The third kappa shape index (κ3) is 3.06. The van der Waals surface area contributed by atoms with Crippen molar-refractivity contribution < 1.29 is 9.90 Å². The molecule has 0 amide bonds. The summed E-state index contributed by atoms with van der Waals surface area (Å²) in [5.41, 5.74) is 1.50. The van der Waals surface area contributed by atoms with Crippen LogP contribution in [0.5, 0.6) is 5.75 Å². The number of hydrogen-bond donors (Lipinski definition) is 1. The first-order chi connectivity index (χ1) is 8.58. The Morgan fingerprint density at radius 1 is 1.56 bits per heavy atom. The molecule has 0 saturated carbocycles. The topological polar surface area (TPSA) is 40.5 Å². The highest BCUT2D eigenvalue weighted by Gasteiger charge is 2.20. The fraction of sp³-hybridized carbons (Fsp3) is 0.500. The SMILES string of the molecule is CC(=O)c1ccc(O)c(CN(C)C2CCSC2)c1. The number of thioether (sulfide) groups is 1. The van der Waals surface area contributed by atoms with E-state index in [1.54, 1.807) is 25.1 Å². The van der Waals surface area contributed by atoms with Crippen molar-refractivity contribution in [2.24, 2.45) is 0 Å². The molecule has 1 aromatic carbocycles. The number of phenols is 1. The molecule has 0 spiro atoms. The summed E-state index contributed by atoms with van der Waals surface area (Å²) >= 11 is 1.98. The van der Waals surface area contributed by atoms with Crippen molar-refractivity contribution in [3.05, 3.63) is 29.3 Å². The van der Waals surface area contributed by atoms with E-state index in [2.05, 4.69) is 11.9 Å². The van der Waals surface area contributed by atoms with E-state index in [0.29, 0.717) is 18.2 Å². The summed E-state index contributed by atoms with van der Waals surface area (Å²) in [6.07, 6.45) is 1.20. The van der Waals surface area contributed by atoms with Gasteiger partial charge >= 0.3 is 0 Å². The number of benzene rings is 1. The number of ketones is 1. The number of carbonyl (C=O) groups excluding carboxylic acids is 1. The summed E-state index contributed by atoms with van der Waals surface area (Å²) < 4.78 is 0. The van der Waals surface area contributed by atoms with Crippen LogP contribution in [-0.4, -0.2) is 40.4 Å². The Balaban J connectivity index is 2.12. The van der Waals surface area contributed by atoms with Crippen molar-refractivity contribution in [2.45, 2.75) is 25.9 Å². The minimum atomic E-state index is 0.0373. The molecule has 2 rings (SSSR count). The monoisotopic (exact) mass is 265 g/mol. The number of aromatic hydroxyl groups is 1. The maximum absolute atomic E-state index is 11.4. The molecule has 1 heterocycles. The molecule has 1 N–H and O–H groups in total. The number of nitrogens with zero attached hydrogens (tertiary/aromatic N) is 1. The van der Waals surface area contributed by atoms with Crippen LogP contribution in [0, 0.1) is 0 Å². The second-order valence-electron chi connectivity index (χ2n) is 4.83. The van der Waals surface area contributed by atoms with Gasteiger partial charge in [0.25, 0.3) is 0 Å². The average molecular weight is 265 g/mol. The molecule has 1 aromatic rings. The Morgan fingerprint density at radius 2 is 2.33 bits per heavy atom. The lowest BCUT2D eigenvalue weighted by Gasteiger charge is -2.24. The van der Waals surface area contributed by atoms with Gasteiger partial charge in [-0.3, -0.25) is 9.69 Å². The zero-order valence-corrected chi connectivity index (χ0v) is 11.7. The highest BCUT2D eigenvalue weighted by molar-refractivity contribution is 7.99. The summed E-state index contributed by atoms with van der Waals surface area (Å²) in [6.45, 7) is 2.24. The van der Waals surface area contributed by atoms with Crippen LogP contribution in [0.1, 0.15) is 29.3 Å². The molecule has 4 heteroatoms. The van der Waals surface area contributed by atoms with Crippen molar-refractivity contribution in [1.29, 1.82) is 0 Å². The molecule has 3 nitrogen and oxygen atoms in total. The molecule has 0 bridgehead atoms. The van der Waals surface area contributed by atoms with Crippen LogP contribution in [0.3, 0.4) is 0 Å². The normalized spacial score (nSPS) is 19.4. The molecular weight excluding hydrogens is 246 g/mol. The number of rotatable bonds is 4. The van der Waals surface area contributed by atoms with E-state index in [1.807, 2.05) is 11.8 Å². The van der Waals surface area contributed by atoms with Gasteiger partial charge in [0.1, 0.15) is 5.75 Å². The zero-order chi connectivity index (χ0) is 13.1. The van der Waals surface area contributed by atoms with Crippen molar-refractivity contribution in [3.63, 3.8) is 0 Å². The largest absolute Gasteiger partial charge is 0.508 e. The van der Waals surface area contributed by atoms with Crippen molar-refractivity contribution >= 4 is 17.5 Å². The second kappa shape index (κ2) is 5.76. The van der Waals surface area contributed by atoms with E-state index in [4.69, 9.17) is 0 Å². The Bertz CT molecular complexity index is 441. The van der Waals surface area contributed by atoms with E-state index in [9.17, 15) is 9.90 Å². The average Bonchev–Trinajstić information content (AvgIpc) is 2.85. The molecule has 98 valence electrons. The standard InChI is InChI=1S/C14H19NO2S/c1-10(16)11-3-4-14(17)12(7-11)8-15(2)13-5-6-18-9-13/h3-4,7,13,17H,5-6,8-9H2,1-2H3. The van der Waals surface area contributed by atoms with Crippen molar-refractivity contribution in [2.75, 3.05) is 18.6 Å². The number of carbonyl (C=O) groups is 1. The first kappa shape index (κ1) is 13.4. The number of Topliss-reactive ketones (excluding diaryl/α,β-unsaturated/α-hetero) is 1. The fourth-order valence-electron chi connectivity index (χ4n) is 2.20. The van der Waals surface area contributed by atoms with Gasteiger partial charge in [0, 0.05) is 29.5 Å². The van der Waals surface area contributed by atoms with Gasteiger partial charge in [0.05, 0.1) is 0 Å². The Kier molecular flexibility index (Phi) is 4.30. The van der Waals surface area contributed by atoms with Gasteiger partial charge in [-0.1, -0.05) is 0 Å². The molecule has 1 aliphatic heterocycles. The van der Waals surface area contributed by atoms with Crippen LogP contribution in [0.15, 0.2) is 18.2 Å². The van der Waals surface area contributed by atoms with Crippen molar-refractivity contribution in [1.82, 2.24) is 4.90 Å². The lowest BCUT2D eigenvalue weighted by Crippen LogP contribution is -2.30. The van der Waals surface area contributed by atoms with Crippen LogP contribution >= 0.6 is 11.8 Å². The van der Waals surface area contributed by atoms with E-state index >= 15 is 0 Å². The lowest BCUT2D eigenvalue weighted by atomic mass is 10.1. The minimum absolute atomic E-state index is 0.0373. The molecule has 1 atom stereocenters. The number of hydrogen-bond acceptors (Lipinski definition) is 4. The Hall–Kier alpha value is -1.00. The van der Waals surface area contributed by atoms with Gasteiger partial charge in [-0.2, -0.15) is 11.8 Å². The predicted octanol–water partition coefficient (Wildman–Crippen LogP) is 2.53. The molecule has 18 heavy (non-hydrogen) atoms. The van der Waals surface area contributed by atoms with Crippen LogP contribution < -0.4 is 0 Å². The number of phenolic OH excluding ortho intramolecular Hbond substituents is 1. The van der Waals surface area contributed by atoms with Gasteiger partial charge in [-0.15, -0.1) is 0 Å². The third-order valence-corrected chi connectivity index (χ3v) is 4.58. The molecule has 0 aliphatic carbocycles. The van der Waals surface area contributed by atoms with Crippen LogP contribution in [0.4, 0.5) is 0 Å². The summed E-state index contributed by atoms with van der Waals surface area (Å²) in [4.78, 5) is 13.6. The zero-order valence-electron chi connectivity index (χ0n) is 10.8. The Morgan fingerprint density at radius 3 is 2.94 bits per heavy atom. The Labute approximate surface area is 112 Å². The first-order valence-corrected chi connectivity index (χ1v) is 7.34. The van der Waals surface area contributed by atoms with Gasteiger partial charge in [-0.25, -0.2) is 0 Å². The van der Waals surface area contributed by atoms with Crippen LogP contribution in [-0.2, 0) is 6.54 Å². The first-order valence-electron chi connectivity index (χ1n) is 6.18. The van der Waals surface area contributed by atoms with E-state index in [0.717, 1.165) is 11.3 Å². The highest BCUT2D eigenvalue weighted by Crippen LogP contribution is 2.25. The molecule has 1 saturated heterocycles. The van der Waals surface area contributed by atoms with Gasteiger partial charge in [0.15, 0.2) is 5.78 Å². The maximum atomic E-state index is 11.4. The lowest BCUT2D eigenvalue weighted by molar-refractivity contribution is 0.101. The highest BCUT2D eigenvalue weighted by atomic mass is 32.2. The van der Waals surface area contributed by atoms with Crippen molar-refractivity contribution in [3.8, 4) is 5.75 Å². The second-order valence-corrected chi connectivity index (χ2v) is 5.98. The van der Waals surface area contributed by atoms with Crippen LogP contribution in [0.2, 0.25) is 0 Å². The molecule has 0 radical (unpaired) electrons. The maximum Gasteiger partial charge on any atom is 0.159 e. The quantitative estimate of drug-likeness (QED) is 0.849. The summed E-state index contributed by atoms with van der Waals surface area (Å²) in [5, 5.41) is 9.87. The van der Waals surface area contributed by atoms with E-state index in [-0.39, 0.29) is 11.5 Å². The minimum Gasteiger partial charge on any atom is -0.508 e. The van der Waals surface area contributed by atoms with Gasteiger partial charge < -0.3 is 5.11 Å².